The second-order valence-electron chi connectivity index (χ2n) is 14.3. The van der Waals surface area contributed by atoms with Crippen LogP contribution in [-0.2, 0) is 5.41 Å². The van der Waals surface area contributed by atoms with Crippen LogP contribution in [0.5, 0.6) is 0 Å². The molecule has 0 saturated carbocycles. The van der Waals surface area contributed by atoms with Crippen molar-refractivity contribution in [2.45, 2.75) is 5.41 Å². The highest BCUT2D eigenvalue weighted by atomic mass is 28.3. The third-order valence-corrected chi connectivity index (χ3v) is 16.9. The van der Waals surface area contributed by atoms with Crippen LogP contribution in [0, 0.1) is 0 Å². The molecule has 9 aromatic carbocycles. The van der Waals surface area contributed by atoms with E-state index < -0.39 is 13.5 Å². The van der Waals surface area contributed by atoms with Gasteiger partial charge in [0.1, 0.15) is 0 Å². The first kappa shape index (κ1) is 29.4. The van der Waals surface area contributed by atoms with E-state index in [4.69, 9.17) is 0 Å². The molecule has 1 aliphatic carbocycles. The van der Waals surface area contributed by atoms with Crippen molar-refractivity contribution in [1.82, 2.24) is 0 Å². The zero-order chi connectivity index (χ0) is 34.3. The van der Waals surface area contributed by atoms with Gasteiger partial charge in [0.25, 0.3) is 0 Å². The Kier molecular flexibility index (Phi) is 6.29. The van der Waals surface area contributed by atoms with E-state index in [1.165, 1.54) is 86.8 Å². The van der Waals surface area contributed by atoms with Gasteiger partial charge in [-0.3, -0.25) is 0 Å². The minimum absolute atomic E-state index is 0.451. The first-order valence-corrected chi connectivity index (χ1v) is 20.3. The van der Waals surface area contributed by atoms with Gasteiger partial charge in [0.05, 0.1) is 5.41 Å². The van der Waals surface area contributed by atoms with Gasteiger partial charge in [-0.25, -0.2) is 0 Å². The lowest BCUT2D eigenvalue weighted by molar-refractivity contribution is 0.769. The Morgan fingerprint density at radius 3 is 1.46 bits per heavy atom. The molecule has 1 aliphatic heterocycles. The van der Waals surface area contributed by atoms with E-state index in [1.807, 2.05) is 0 Å². The Morgan fingerprint density at radius 1 is 0.327 bits per heavy atom. The Labute approximate surface area is 305 Å². The van der Waals surface area contributed by atoms with Crippen molar-refractivity contribution in [3.8, 4) is 22.3 Å². The number of hydrogen-bond donors (Lipinski definition) is 0. The maximum absolute atomic E-state index is 2.74. The normalized spacial score (nSPS) is 14.5. The summed E-state index contributed by atoms with van der Waals surface area (Å²) in [5.74, 6) is 0. The molecule has 9 aromatic rings. The fraction of sp³-hybridized carbons (Fsp3) is 0.0196. The maximum atomic E-state index is 2.48. The van der Waals surface area contributed by atoms with E-state index in [0.29, 0.717) is 0 Å². The van der Waals surface area contributed by atoms with E-state index in [2.05, 4.69) is 206 Å². The monoisotopic (exact) mass is 674 g/mol. The predicted molar refractivity (Wildman–Crippen MR) is 221 cm³/mol. The zero-order valence-corrected chi connectivity index (χ0v) is 29.6. The van der Waals surface area contributed by atoms with Crippen LogP contribution in [0.4, 0.5) is 0 Å². The molecule has 0 unspecified atom stereocenters. The number of hydrogen-bond acceptors (Lipinski definition) is 0. The predicted octanol–water partition coefficient (Wildman–Crippen LogP) is 9.71. The summed E-state index contributed by atoms with van der Waals surface area (Å²) in [6.07, 6.45) is 0. The quantitative estimate of drug-likeness (QED) is 0.129. The molecule has 0 fully saturated rings. The molecule has 11 rings (SSSR count). The van der Waals surface area contributed by atoms with Crippen molar-refractivity contribution in [2.75, 3.05) is 0 Å². The molecule has 0 N–H and O–H groups in total. The largest absolute Gasteiger partial charge is 0.181 e. The fourth-order valence-corrected chi connectivity index (χ4v) is 15.6. The van der Waals surface area contributed by atoms with Gasteiger partial charge in [0.15, 0.2) is 8.07 Å². The highest BCUT2D eigenvalue weighted by Crippen LogP contribution is 2.59. The second kappa shape index (κ2) is 11.1. The minimum atomic E-state index is -2.74. The minimum Gasteiger partial charge on any atom is -0.0623 e. The lowest BCUT2D eigenvalue weighted by atomic mass is 9.67. The molecule has 0 bridgehead atoms. The van der Waals surface area contributed by atoms with Crippen molar-refractivity contribution < 1.29 is 0 Å². The van der Waals surface area contributed by atoms with Gasteiger partial charge in [-0.15, -0.1) is 0 Å². The van der Waals surface area contributed by atoms with Crippen LogP contribution in [-0.4, -0.2) is 8.07 Å². The molecule has 0 radical (unpaired) electrons. The topological polar surface area (TPSA) is 0 Å². The molecule has 0 saturated heterocycles. The van der Waals surface area contributed by atoms with Crippen molar-refractivity contribution in [3.05, 3.63) is 229 Å². The first-order chi connectivity index (χ1) is 25.8. The summed E-state index contributed by atoms with van der Waals surface area (Å²) >= 11 is 0. The van der Waals surface area contributed by atoms with Gasteiger partial charge in [0.2, 0.25) is 0 Å². The van der Waals surface area contributed by atoms with Crippen molar-refractivity contribution in [3.63, 3.8) is 0 Å². The summed E-state index contributed by atoms with van der Waals surface area (Å²) in [7, 11) is -2.74. The molecule has 242 valence electrons. The lowest BCUT2D eigenvalue weighted by Gasteiger charge is -2.34. The van der Waals surface area contributed by atoms with E-state index in [0.717, 1.165) is 0 Å². The molecule has 0 nitrogen and oxygen atoms in total. The number of rotatable bonds is 4. The van der Waals surface area contributed by atoms with Crippen molar-refractivity contribution >= 4 is 50.4 Å². The standard InChI is InChI=1S/C51H34Si/c1-5-19-35(20-6-1)51(36-21-7-2-8-22-36)44-31-17-15-29-41(44)49-45(51)34-33-43-47(49)39-27-13-14-28-40(39)50-48(43)42-30-16-18-32-46(42)52(50,37-23-9-3-10-24-37)38-25-11-4-12-26-38/h1-34H. The molecule has 1 heterocycles. The molecule has 0 aromatic heterocycles. The van der Waals surface area contributed by atoms with Crippen molar-refractivity contribution in [1.29, 1.82) is 0 Å². The molecule has 1 heteroatoms. The third kappa shape index (κ3) is 3.66. The molecule has 0 atom stereocenters. The molecule has 0 amide bonds. The third-order valence-electron chi connectivity index (χ3n) is 12.0. The van der Waals surface area contributed by atoms with Crippen LogP contribution < -0.4 is 20.7 Å². The van der Waals surface area contributed by atoms with E-state index in [9.17, 15) is 0 Å². The lowest BCUT2D eigenvalue weighted by Crippen LogP contribution is -2.73. The first-order valence-electron chi connectivity index (χ1n) is 18.3. The Hall–Kier alpha value is -6.28. The number of fused-ring (bicyclic) bond motifs is 12. The average Bonchev–Trinajstić information content (AvgIpc) is 3.72. The highest BCUT2D eigenvalue weighted by molar-refractivity contribution is 7.23. The van der Waals surface area contributed by atoms with Gasteiger partial charge < -0.3 is 0 Å². The molecular weight excluding hydrogens is 641 g/mol. The van der Waals surface area contributed by atoms with E-state index in [-0.39, 0.29) is 0 Å². The van der Waals surface area contributed by atoms with Gasteiger partial charge in [0, 0.05) is 0 Å². The summed E-state index contributed by atoms with van der Waals surface area (Å²) in [5, 5.41) is 11.2. The summed E-state index contributed by atoms with van der Waals surface area (Å²) in [4.78, 5) is 0. The summed E-state index contributed by atoms with van der Waals surface area (Å²) < 4.78 is 0. The fourth-order valence-electron chi connectivity index (χ4n) is 10.2. The Morgan fingerprint density at radius 2 is 0.827 bits per heavy atom. The molecule has 2 aliphatic rings. The van der Waals surface area contributed by atoms with Gasteiger partial charge in [-0.05, 0) is 86.8 Å². The van der Waals surface area contributed by atoms with E-state index >= 15 is 0 Å². The smallest absolute Gasteiger partial charge is 0.0623 e. The van der Waals surface area contributed by atoms with Gasteiger partial charge >= 0.3 is 0 Å². The number of benzene rings is 9. The van der Waals surface area contributed by atoms with Crippen LogP contribution in [0.15, 0.2) is 206 Å². The summed E-state index contributed by atoms with van der Waals surface area (Å²) in [6, 6.07) is 77.8. The SMILES string of the molecule is c1ccc(C2(c3ccccc3)c3ccccc3-c3c2ccc2c4c(c5ccccc5c32)[Si](c2ccccc2)(c2ccccc2)c2ccccc2-4)cc1. The highest BCUT2D eigenvalue weighted by Gasteiger charge is 2.52. The maximum Gasteiger partial charge on any atom is 0.181 e. The van der Waals surface area contributed by atoms with Crippen LogP contribution in [0.25, 0.3) is 43.8 Å². The van der Waals surface area contributed by atoms with Crippen LogP contribution in [0.1, 0.15) is 22.3 Å². The molecular formula is C51H34Si. The molecule has 0 spiro atoms. The Bertz CT molecular complexity index is 2730. The van der Waals surface area contributed by atoms with Crippen LogP contribution in [0.2, 0.25) is 0 Å². The van der Waals surface area contributed by atoms with Gasteiger partial charge in [-0.2, -0.15) is 0 Å². The summed E-state index contributed by atoms with van der Waals surface area (Å²) in [6.45, 7) is 0. The average molecular weight is 675 g/mol. The van der Waals surface area contributed by atoms with Crippen LogP contribution >= 0.6 is 0 Å². The molecule has 52 heavy (non-hydrogen) atoms. The zero-order valence-electron chi connectivity index (χ0n) is 28.6. The van der Waals surface area contributed by atoms with Crippen LogP contribution in [0.3, 0.4) is 0 Å². The van der Waals surface area contributed by atoms with Gasteiger partial charge in [-0.1, -0.05) is 206 Å². The Balaban J connectivity index is 1.37. The summed E-state index contributed by atoms with van der Waals surface area (Å²) in [5.41, 5.74) is 10.3. The van der Waals surface area contributed by atoms with E-state index in [1.54, 1.807) is 0 Å². The second-order valence-corrected chi connectivity index (χ2v) is 18.0. The van der Waals surface area contributed by atoms with Crippen molar-refractivity contribution in [2.24, 2.45) is 0 Å².